The van der Waals surface area contributed by atoms with Crippen LogP contribution in [0.25, 0.3) is 0 Å². The van der Waals surface area contributed by atoms with Crippen molar-refractivity contribution < 1.29 is 26.7 Å². The third kappa shape index (κ3) is 3.46. The maximum atomic E-state index is 13.3. The number of fused-ring (bicyclic) bond motifs is 1. The molecule has 0 aromatic carbocycles. The van der Waals surface area contributed by atoms with Crippen LogP contribution in [0, 0.1) is 0 Å². The Morgan fingerprint density at radius 2 is 1.85 bits per heavy atom. The van der Waals surface area contributed by atoms with Crippen LogP contribution in [0.1, 0.15) is 24.5 Å². The molecule has 2 amide bonds. The Labute approximate surface area is 151 Å². The number of nitrogens with zero attached hydrogens (tertiary/aromatic N) is 6. The van der Waals surface area contributed by atoms with Gasteiger partial charge < -0.3 is 14.4 Å². The molecule has 0 N–H and O–H groups in total. The molecular formula is C15H19F5N6O. The highest BCUT2D eigenvalue weighted by atomic mass is 19.4. The fourth-order valence-corrected chi connectivity index (χ4v) is 4.01. The maximum Gasteiger partial charge on any atom is 0.451 e. The number of carbonyl (C=O) groups excluding carboxylic acids is 1. The summed E-state index contributed by atoms with van der Waals surface area (Å²) in [4.78, 5) is 17.1. The van der Waals surface area contributed by atoms with Gasteiger partial charge in [-0.3, -0.25) is 4.90 Å². The fraction of sp³-hybridized carbons (Fsp3) is 0.800. The summed E-state index contributed by atoms with van der Waals surface area (Å²) in [7, 11) is 0. The van der Waals surface area contributed by atoms with Gasteiger partial charge in [0.2, 0.25) is 5.82 Å². The van der Waals surface area contributed by atoms with Crippen molar-refractivity contribution in [2.24, 2.45) is 0 Å². The second kappa shape index (κ2) is 6.28. The van der Waals surface area contributed by atoms with Crippen LogP contribution in [0.4, 0.5) is 26.7 Å². The van der Waals surface area contributed by atoms with Gasteiger partial charge in [0.05, 0.1) is 13.1 Å². The van der Waals surface area contributed by atoms with Crippen molar-refractivity contribution >= 4 is 6.03 Å². The number of halogens is 5. The van der Waals surface area contributed by atoms with Crippen LogP contribution >= 0.6 is 0 Å². The molecule has 2 saturated heterocycles. The molecule has 27 heavy (non-hydrogen) atoms. The Kier molecular flexibility index (Phi) is 4.28. The van der Waals surface area contributed by atoms with E-state index >= 15 is 0 Å². The summed E-state index contributed by atoms with van der Waals surface area (Å²) in [5.41, 5.74) is 0. The molecule has 150 valence electrons. The summed E-state index contributed by atoms with van der Waals surface area (Å²) in [5.74, 6) is -3.57. The van der Waals surface area contributed by atoms with E-state index in [0.717, 1.165) is 4.57 Å². The number of hydrogen-bond acceptors (Lipinski definition) is 4. The van der Waals surface area contributed by atoms with Crippen molar-refractivity contribution in [3.63, 3.8) is 0 Å². The molecule has 3 aliphatic heterocycles. The average Bonchev–Trinajstić information content (AvgIpc) is 3.30. The van der Waals surface area contributed by atoms with Crippen LogP contribution in [0.3, 0.4) is 0 Å². The number of urea groups is 1. The van der Waals surface area contributed by atoms with Gasteiger partial charge in [-0.15, -0.1) is 10.2 Å². The number of carbonyl (C=O) groups is 1. The lowest BCUT2D eigenvalue weighted by molar-refractivity contribution is -0.148. The summed E-state index contributed by atoms with van der Waals surface area (Å²) in [6.07, 6.45) is -4.21. The molecule has 1 atom stereocenters. The van der Waals surface area contributed by atoms with E-state index in [1.165, 1.54) is 4.90 Å². The van der Waals surface area contributed by atoms with Crippen molar-refractivity contribution in [2.45, 2.75) is 44.1 Å². The summed E-state index contributed by atoms with van der Waals surface area (Å²) in [5, 5.41) is 6.92. The molecule has 0 unspecified atom stereocenters. The van der Waals surface area contributed by atoms with Crippen molar-refractivity contribution in [1.82, 2.24) is 29.5 Å². The van der Waals surface area contributed by atoms with Gasteiger partial charge in [-0.25, -0.2) is 13.6 Å². The smallest absolute Gasteiger partial charge is 0.323 e. The third-order valence-corrected chi connectivity index (χ3v) is 5.43. The third-order valence-electron chi connectivity index (χ3n) is 5.43. The van der Waals surface area contributed by atoms with Gasteiger partial charge in [-0.2, -0.15) is 13.2 Å². The molecule has 1 aromatic rings. The second-order valence-electron chi connectivity index (χ2n) is 7.26. The molecular weight excluding hydrogens is 375 g/mol. The van der Waals surface area contributed by atoms with E-state index in [2.05, 4.69) is 10.2 Å². The van der Waals surface area contributed by atoms with Crippen molar-refractivity contribution in [2.75, 3.05) is 32.7 Å². The Morgan fingerprint density at radius 1 is 1.07 bits per heavy atom. The Balaban J connectivity index is 1.38. The summed E-state index contributed by atoms with van der Waals surface area (Å²) in [6.45, 7) is 1.05. The van der Waals surface area contributed by atoms with Gasteiger partial charge in [0, 0.05) is 45.2 Å². The molecule has 3 aliphatic rings. The van der Waals surface area contributed by atoms with Crippen LogP contribution in [0.2, 0.25) is 0 Å². The first-order chi connectivity index (χ1) is 12.6. The number of rotatable bonds is 1. The molecule has 1 aromatic heterocycles. The molecule has 2 fully saturated rings. The van der Waals surface area contributed by atoms with Gasteiger partial charge in [-0.05, 0) is 6.42 Å². The van der Waals surface area contributed by atoms with Gasteiger partial charge in [-0.1, -0.05) is 0 Å². The van der Waals surface area contributed by atoms with Gasteiger partial charge >= 0.3 is 12.2 Å². The lowest BCUT2D eigenvalue weighted by Gasteiger charge is -2.33. The molecule has 4 rings (SSSR count). The van der Waals surface area contributed by atoms with E-state index in [1.807, 2.05) is 4.90 Å². The zero-order valence-electron chi connectivity index (χ0n) is 14.4. The second-order valence-corrected chi connectivity index (χ2v) is 7.26. The first-order valence-corrected chi connectivity index (χ1v) is 8.79. The predicted molar refractivity (Wildman–Crippen MR) is 81.9 cm³/mol. The van der Waals surface area contributed by atoms with Gasteiger partial charge in [0.25, 0.3) is 5.92 Å². The van der Waals surface area contributed by atoms with Crippen LogP contribution in [0.5, 0.6) is 0 Å². The summed E-state index contributed by atoms with van der Waals surface area (Å²) < 4.78 is 66.5. The van der Waals surface area contributed by atoms with E-state index in [1.54, 1.807) is 4.90 Å². The van der Waals surface area contributed by atoms with E-state index in [-0.39, 0.29) is 37.9 Å². The molecule has 0 bridgehead atoms. The molecule has 7 nitrogen and oxygen atoms in total. The lowest BCUT2D eigenvalue weighted by atomic mass is 10.2. The molecule has 0 saturated carbocycles. The van der Waals surface area contributed by atoms with E-state index in [4.69, 9.17) is 0 Å². The normalized spacial score (nSPS) is 25.9. The number of amides is 2. The van der Waals surface area contributed by atoms with E-state index in [9.17, 15) is 26.7 Å². The number of alkyl halides is 5. The number of likely N-dealkylation sites (tertiary alicyclic amines) is 2. The molecule has 12 heteroatoms. The quantitative estimate of drug-likeness (QED) is 0.680. The number of hydrogen-bond donors (Lipinski definition) is 0. The minimum Gasteiger partial charge on any atom is -0.323 e. The maximum absolute atomic E-state index is 13.3. The van der Waals surface area contributed by atoms with Crippen LogP contribution in [-0.4, -0.2) is 80.2 Å². The van der Waals surface area contributed by atoms with Crippen LogP contribution in [-0.2, 0) is 19.3 Å². The Hall–Kier alpha value is -1.98. The lowest BCUT2D eigenvalue weighted by Crippen LogP contribution is -2.46. The first kappa shape index (κ1) is 18.4. The highest BCUT2D eigenvalue weighted by Crippen LogP contribution is 2.31. The monoisotopic (exact) mass is 394 g/mol. The minimum atomic E-state index is -4.54. The first-order valence-electron chi connectivity index (χ1n) is 8.79. The largest absolute Gasteiger partial charge is 0.451 e. The van der Waals surface area contributed by atoms with E-state index < -0.39 is 30.5 Å². The summed E-state index contributed by atoms with van der Waals surface area (Å²) in [6, 6.07) is -0.425. The summed E-state index contributed by atoms with van der Waals surface area (Å²) >= 11 is 0. The zero-order valence-corrected chi connectivity index (χ0v) is 14.4. The average molecular weight is 394 g/mol. The van der Waals surface area contributed by atoms with Crippen molar-refractivity contribution in [1.29, 1.82) is 0 Å². The fourth-order valence-electron chi connectivity index (χ4n) is 4.01. The van der Waals surface area contributed by atoms with Gasteiger partial charge in [0.1, 0.15) is 5.82 Å². The van der Waals surface area contributed by atoms with Crippen molar-refractivity contribution in [3.05, 3.63) is 11.6 Å². The van der Waals surface area contributed by atoms with Crippen LogP contribution in [0.15, 0.2) is 0 Å². The highest BCUT2D eigenvalue weighted by molar-refractivity contribution is 5.75. The topological polar surface area (TPSA) is 57.5 Å². The molecule has 0 spiro atoms. The van der Waals surface area contributed by atoms with Gasteiger partial charge in [0.15, 0.2) is 0 Å². The molecule has 0 radical (unpaired) electrons. The molecule has 0 aliphatic carbocycles. The number of aromatic nitrogens is 3. The zero-order chi connectivity index (χ0) is 19.4. The Bertz CT molecular complexity index is 735. The van der Waals surface area contributed by atoms with E-state index in [0.29, 0.717) is 26.1 Å². The SMILES string of the molecule is O=C(N1CC[C@H](N2CCn3c(nnc3C(F)(F)F)C2)C1)N1CCC(F)(F)C1. The van der Waals surface area contributed by atoms with Crippen molar-refractivity contribution in [3.8, 4) is 0 Å². The predicted octanol–water partition coefficient (Wildman–Crippen LogP) is 1.65. The standard InChI is InChI=1S/C15H19F5N6O/c16-14(17)2-4-25(9-14)13(27)24-3-1-10(7-24)23-5-6-26-11(8-23)21-22-12(26)15(18,19)20/h10H,1-9H2/t10-/m0/s1. The Morgan fingerprint density at radius 3 is 2.52 bits per heavy atom. The van der Waals surface area contributed by atoms with Crippen LogP contribution < -0.4 is 0 Å². The molecule has 4 heterocycles. The highest BCUT2D eigenvalue weighted by Gasteiger charge is 2.44. The minimum absolute atomic E-state index is 0.0307.